The van der Waals surface area contributed by atoms with Crippen LogP contribution in [0.15, 0.2) is 24.3 Å². The Morgan fingerprint density at radius 1 is 1.16 bits per heavy atom. The van der Waals surface area contributed by atoms with Crippen LogP contribution < -0.4 is 5.09 Å². The highest BCUT2D eigenvalue weighted by molar-refractivity contribution is 7.55. The fourth-order valence-electron chi connectivity index (χ4n) is 1.40. The van der Waals surface area contributed by atoms with E-state index in [1.807, 2.05) is 0 Å². The molecule has 0 unspecified atom stereocenters. The second kappa shape index (κ2) is 7.28. The van der Waals surface area contributed by atoms with E-state index in [0.717, 1.165) is 0 Å². The van der Waals surface area contributed by atoms with E-state index >= 15 is 0 Å². The van der Waals surface area contributed by atoms with Gasteiger partial charge in [0.2, 0.25) is 0 Å². The van der Waals surface area contributed by atoms with Crippen LogP contribution in [-0.4, -0.2) is 26.3 Å². The first-order valence-electron chi connectivity index (χ1n) is 5.90. The van der Waals surface area contributed by atoms with Gasteiger partial charge in [-0.25, -0.2) is 9.36 Å². The molecular weight excluding hydrogens is 269 g/mol. The lowest BCUT2D eigenvalue weighted by Gasteiger charge is -2.18. The lowest BCUT2D eigenvalue weighted by Crippen LogP contribution is -2.05. The van der Waals surface area contributed by atoms with Crippen LogP contribution in [0.25, 0.3) is 0 Å². The molecule has 1 aromatic carbocycles. The zero-order valence-corrected chi connectivity index (χ0v) is 12.1. The molecule has 0 atom stereocenters. The number of rotatable bonds is 7. The summed E-state index contributed by atoms with van der Waals surface area (Å²) in [7, 11) is -2.04. The van der Waals surface area contributed by atoms with E-state index in [1.165, 1.54) is 7.11 Å². The number of hydrogen-bond donors (Lipinski definition) is 1. The van der Waals surface area contributed by atoms with Crippen LogP contribution in [0.3, 0.4) is 0 Å². The molecule has 0 radical (unpaired) electrons. The van der Waals surface area contributed by atoms with Crippen molar-refractivity contribution in [2.75, 3.05) is 25.4 Å². The Hall–Kier alpha value is -1.36. The molecule has 0 bridgehead atoms. The molecule has 0 aliphatic carbocycles. The summed E-state index contributed by atoms with van der Waals surface area (Å²) in [5.74, 6) is -0.427. The molecule has 0 aliphatic heterocycles. The number of methoxy groups -OCH3 is 1. The van der Waals surface area contributed by atoms with Crippen LogP contribution in [0, 0.1) is 0 Å². The number of nitrogens with one attached hydrogen (secondary N) is 1. The molecule has 0 amide bonds. The zero-order valence-electron chi connectivity index (χ0n) is 11.2. The lowest BCUT2D eigenvalue weighted by atomic mass is 10.2. The van der Waals surface area contributed by atoms with Crippen molar-refractivity contribution >= 4 is 19.4 Å². The average Bonchev–Trinajstić information content (AvgIpc) is 2.39. The molecule has 19 heavy (non-hydrogen) atoms. The van der Waals surface area contributed by atoms with E-state index in [9.17, 15) is 9.36 Å². The maximum atomic E-state index is 12.2. The molecule has 106 valence electrons. The second-order valence-corrected chi connectivity index (χ2v) is 5.25. The predicted molar refractivity (Wildman–Crippen MR) is 72.3 cm³/mol. The minimum absolute atomic E-state index is 0.268. The molecule has 0 saturated heterocycles. The largest absolute Gasteiger partial charge is 0.465 e. The van der Waals surface area contributed by atoms with Crippen LogP contribution in [0.5, 0.6) is 0 Å². The van der Waals surface area contributed by atoms with Crippen LogP contribution in [0.4, 0.5) is 5.69 Å². The average molecular weight is 287 g/mol. The molecule has 1 aromatic rings. The van der Waals surface area contributed by atoms with Crippen molar-refractivity contribution in [1.29, 1.82) is 0 Å². The van der Waals surface area contributed by atoms with Crippen molar-refractivity contribution in [2.24, 2.45) is 0 Å². The van der Waals surface area contributed by atoms with Gasteiger partial charge >= 0.3 is 13.7 Å². The van der Waals surface area contributed by atoms with Crippen molar-refractivity contribution in [3.05, 3.63) is 29.8 Å². The molecule has 0 spiro atoms. The predicted octanol–water partition coefficient (Wildman–Crippen LogP) is 3.07. The number of carbonyl (C=O) groups excluding carboxylic acids is 1. The van der Waals surface area contributed by atoms with E-state index in [4.69, 9.17) is 9.05 Å². The van der Waals surface area contributed by atoms with Crippen molar-refractivity contribution < 1.29 is 23.1 Å². The number of benzene rings is 1. The van der Waals surface area contributed by atoms with Crippen LogP contribution in [0.1, 0.15) is 24.2 Å². The van der Waals surface area contributed by atoms with E-state index in [1.54, 1.807) is 38.1 Å². The van der Waals surface area contributed by atoms with Gasteiger partial charge in [0.25, 0.3) is 0 Å². The van der Waals surface area contributed by atoms with E-state index < -0.39 is 13.7 Å². The van der Waals surface area contributed by atoms with Gasteiger partial charge in [-0.1, -0.05) is 0 Å². The van der Waals surface area contributed by atoms with Crippen LogP contribution in [0.2, 0.25) is 0 Å². The smallest absolute Gasteiger partial charge is 0.432 e. The normalized spacial score (nSPS) is 11.1. The van der Waals surface area contributed by atoms with Crippen molar-refractivity contribution in [1.82, 2.24) is 0 Å². The first-order valence-corrected chi connectivity index (χ1v) is 7.44. The summed E-state index contributed by atoms with van der Waals surface area (Å²) in [6, 6.07) is 6.35. The molecule has 0 saturated carbocycles. The third-order valence-electron chi connectivity index (χ3n) is 2.17. The number of carbonyl (C=O) groups is 1. The van der Waals surface area contributed by atoms with Gasteiger partial charge in [-0.15, -0.1) is 0 Å². The quantitative estimate of drug-likeness (QED) is 0.613. The summed E-state index contributed by atoms with van der Waals surface area (Å²) in [6.07, 6.45) is 0. The van der Waals surface area contributed by atoms with E-state index in [2.05, 4.69) is 9.82 Å². The van der Waals surface area contributed by atoms with Gasteiger partial charge in [-0.2, -0.15) is 0 Å². The van der Waals surface area contributed by atoms with Gasteiger partial charge in [0.15, 0.2) is 0 Å². The summed E-state index contributed by atoms with van der Waals surface area (Å²) in [4.78, 5) is 11.3. The highest BCUT2D eigenvalue weighted by Gasteiger charge is 2.23. The number of esters is 1. The minimum Gasteiger partial charge on any atom is -0.465 e. The Morgan fingerprint density at radius 2 is 1.68 bits per heavy atom. The third-order valence-corrected chi connectivity index (χ3v) is 3.90. The number of anilines is 1. The Bertz CT molecular complexity index is 450. The summed E-state index contributed by atoms with van der Waals surface area (Å²) < 4.78 is 27.0. The Balaban J connectivity index is 2.80. The highest BCUT2D eigenvalue weighted by Crippen LogP contribution is 2.47. The summed E-state index contributed by atoms with van der Waals surface area (Å²) in [6.45, 7) is 4.00. The van der Waals surface area contributed by atoms with Crippen molar-refractivity contribution in [3.63, 3.8) is 0 Å². The molecule has 0 heterocycles. The maximum Gasteiger partial charge on any atom is 0.432 e. The molecular formula is C12H18NO5P. The Labute approximate surface area is 112 Å². The molecule has 7 heteroatoms. The van der Waals surface area contributed by atoms with Crippen LogP contribution >= 0.6 is 7.75 Å². The summed E-state index contributed by atoms with van der Waals surface area (Å²) in [5.41, 5.74) is 0.952. The number of hydrogen-bond acceptors (Lipinski definition) is 5. The number of ether oxygens (including phenoxy) is 1. The fourth-order valence-corrected chi connectivity index (χ4v) is 2.75. The zero-order chi connectivity index (χ0) is 14.3. The van der Waals surface area contributed by atoms with Gasteiger partial charge in [0, 0.05) is 5.69 Å². The first kappa shape index (κ1) is 15.7. The SMILES string of the molecule is CCOP(=O)(Nc1ccc(C(=O)OC)cc1)OCC. The monoisotopic (exact) mass is 287 g/mol. The molecule has 0 aromatic heterocycles. The second-order valence-electron chi connectivity index (χ2n) is 3.51. The van der Waals surface area contributed by atoms with Gasteiger partial charge in [-0.05, 0) is 38.1 Å². The van der Waals surface area contributed by atoms with Crippen molar-refractivity contribution in [3.8, 4) is 0 Å². The van der Waals surface area contributed by atoms with Gasteiger partial charge in [-0.3, -0.25) is 14.1 Å². The highest BCUT2D eigenvalue weighted by atomic mass is 31.2. The molecule has 0 fully saturated rings. The van der Waals surface area contributed by atoms with Gasteiger partial charge in [0.1, 0.15) is 0 Å². The molecule has 1 N–H and O–H groups in total. The Morgan fingerprint density at radius 3 is 2.11 bits per heavy atom. The van der Waals surface area contributed by atoms with Gasteiger partial charge in [0.05, 0.1) is 25.9 Å². The van der Waals surface area contributed by atoms with Crippen LogP contribution in [-0.2, 0) is 18.3 Å². The van der Waals surface area contributed by atoms with E-state index in [-0.39, 0.29) is 13.2 Å². The fraction of sp³-hybridized carbons (Fsp3) is 0.417. The van der Waals surface area contributed by atoms with Gasteiger partial charge < -0.3 is 4.74 Å². The minimum atomic E-state index is -3.35. The third kappa shape index (κ3) is 4.67. The molecule has 0 aliphatic rings. The first-order chi connectivity index (χ1) is 9.04. The van der Waals surface area contributed by atoms with E-state index in [0.29, 0.717) is 11.3 Å². The molecule has 6 nitrogen and oxygen atoms in total. The topological polar surface area (TPSA) is 73.9 Å². The lowest BCUT2D eigenvalue weighted by molar-refractivity contribution is 0.0600. The summed E-state index contributed by atoms with van der Waals surface area (Å²) >= 11 is 0. The standard InChI is InChI=1S/C12H18NO5P/c1-4-17-19(15,18-5-2)13-11-8-6-10(7-9-11)12(14)16-3/h6-9H,4-5H2,1-3H3,(H,13,15). The van der Waals surface area contributed by atoms with Crippen molar-refractivity contribution in [2.45, 2.75) is 13.8 Å². The molecule has 1 rings (SSSR count). The Kier molecular flexibility index (Phi) is 6.02. The summed E-state index contributed by atoms with van der Waals surface area (Å²) in [5, 5.41) is 2.70. The maximum absolute atomic E-state index is 12.2.